The van der Waals surface area contributed by atoms with E-state index in [1.165, 1.54) is 37.6 Å². The summed E-state index contributed by atoms with van der Waals surface area (Å²) in [5.74, 6) is -1.75. The Hall–Kier alpha value is -3.89. The second-order valence-electron chi connectivity index (χ2n) is 5.50. The first-order valence-electron chi connectivity index (χ1n) is 7.87. The van der Waals surface area contributed by atoms with E-state index in [-0.39, 0.29) is 12.1 Å². The maximum Gasteiger partial charge on any atom is 0.313 e. The molecule has 11 heteroatoms. The number of hydrazone groups is 1. The molecule has 2 aromatic carbocycles. The van der Waals surface area contributed by atoms with E-state index in [1.807, 2.05) is 0 Å². The molecule has 0 aliphatic carbocycles. The molecule has 1 N–H and O–H groups in total. The largest absolute Gasteiger partial charge is 0.469 e. The Kier molecular flexibility index (Phi) is 6.68. The lowest BCUT2D eigenvalue weighted by Gasteiger charge is -2.12. The topological polar surface area (TPSA) is 137 Å². The van der Waals surface area contributed by atoms with Gasteiger partial charge in [-0.05, 0) is 23.8 Å². The Morgan fingerprint density at radius 3 is 2.46 bits per heavy atom. The van der Waals surface area contributed by atoms with Gasteiger partial charge in [-0.1, -0.05) is 12.1 Å². The van der Waals surface area contributed by atoms with Crippen LogP contribution >= 0.6 is 0 Å². The standard InChI is InChI=1S/C17H15FN4O6/c1-28-17(23)14(11-2-4-12(18)5-3-11)8-9-19-20-15-7-6-13(21(24)25)10-16(15)22(26)27/h2-7,9-10,14,20H,8H2,1H3. The first-order chi connectivity index (χ1) is 13.3. The van der Waals surface area contributed by atoms with Gasteiger partial charge in [0.1, 0.15) is 11.5 Å². The average Bonchev–Trinajstić information content (AvgIpc) is 2.68. The Labute approximate surface area is 157 Å². The van der Waals surface area contributed by atoms with E-state index in [4.69, 9.17) is 4.74 Å². The highest BCUT2D eigenvalue weighted by atomic mass is 19.1. The van der Waals surface area contributed by atoms with Gasteiger partial charge in [0, 0.05) is 18.7 Å². The maximum absolute atomic E-state index is 13.1. The van der Waals surface area contributed by atoms with Crippen LogP contribution in [-0.4, -0.2) is 29.1 Å². The number of hydrogen-bond donors (Lipinski definition) is 1. The normalized spacial score (nSPS) is 11.8. The lowest BCUT2D eigenvalue weighted by atomic mass is 9.96. The van der Waals surface area contributed by atoms with Crippen LogP contribution in [0.1, 0.15) is 17.9 Å². The van der Waals surface area contributed by atoms with E-state index in [0.717, 1.165) is 18.2 Å². The third-order valence-corrected chi connectivity index (χ3v) is 3.76. The van der Waals surface area contributed by atoms with Crippen LogP contribution in [0, 0.1) is 26.0 Å². The minimum Gasteiger partial charge on any atom is -0.469 e. The molecule has 0 amide bonds. The number of methoxy groups -OCH3 is 1. The number of carbonyl (C=O) groups excluding carboxylic acids is 1. The van der Waals surface area contributed by atoms with Crippen LogP contribution in [0.3, 0.4) is 0 Å². The number of ether oxygens (including phenoxy) is 1. The molecule has 1 atom stereocenters. The molecule has 2 aromatic rings. The van der Waals surface area contributed by atoms with Crippen LogP contribution in [0.4, 0.5) is 21.5 Å². The molecule has 28 heavy (non-hydrogen) atoms. The number of rotatable bonds is 8. The molecule has 2 rings (SSSR count). The summed E-state index contributed by atoms with van der Waals surface area (Å²) in [6.45, 7) is 0. The summed E-state index contributed by atoms with van der Waals surface area (Å²) in [5.41, 5.74) is 1.94. The first-order valence-corrected chi connectivity index (χ1v) is 7.87. The zero-order valence-corrected chi connectivity index (χ0v) is 14.6. The number of esters is 1. The van der Waals surface area contributed by atoms with Crippen molar-refractivity contribution < 1.29 is 23.8 Å². The maximum atomic E-state index is 13.1. The molecule has 0 spiro atoms. The SMILES string of the molecule is COC(=O)C(CC=NNc1ccc([N+](=O)[O-])cc1[N+](=O)[O-])c1ccc(F)cc1. The quantitative estimate of drug-likeness (QED) is 0.316. The van der Waals surface area contributed by atoms with Gasteiger partial charge < -0.3 is 4.74 Å². The number of nitrogens with one attached hydrogen (secondary N) is 1. The van der Waals surface area contributed by atoms with Gasteiger partial charge in [-0.3, -0.25) is 30.4 Å². The van der Waals surface area contributed by atoms with Gasteiger partial charge in [0.05, 0.1) is 28.9 Å². The summed E-state index contributed by atoms with van der Waals surface area (Å²) in [4.78, 5) is 32.2. The van der Waals surface area contributed by atoms with Crippen LogP contribution in [0.25, 0.3) is 0 Å². The van der Waals surface area contributed by atoms with Crippen molar-refractivity contribution in [3.8, 4) is 0 Å². The number of halogens is 1. The lowest BCUT2D eigenvalue weighted by Crippen LogP contribution is -2.15. The fourth-order valence-corrected chi connectivity index (χ4v) is 2.36. The van der Waals surface area contributed by atoms with Gasteiger partial charge in [-0.15, -0.1) is 0 Å². The van der Waals surface area contributed by atoms with Crippen LogP contribution in [-0.2, 0) is 9.53 Å². The van der Waals surface area contributed by atoms with Gasteiger partial charge in [0.15, 0.2) is 0 Å². The number of non-ortho nitro benzene ring substituents is 1. The van der Waals surface area contributed by atoms with Crippen molar-refractivity contribution in [1.82, 2.24) is 0 Å². The predicted molar refractivity (Wildman–Crippen MR) is 97.6 cm³/mol. The summed E-state index contributed by atoms with van der Waals surface area (Å²) < 4.78 is 17.8. The first kappa shape index (κ1) is 20.4. The predicted octanol–water partition coefficient (Wildman–Crippen LogP) is 3.39. The minimum atomic E-state index is -0.777. The number of nitrogens with zero attached hydrogens (tertiary/aromatic N) is 3. The van der Waals surface area contributed by atoms with Crippen molar-refractivity contribution in [1.29, 1.82) is 0 Å². The summed E-state index contributed by atoms with van der Waals surface area (Å²) >= 11 is 0. The molecule has 0 fully saturated rings. The summed E-state index contributed by atoms with van der Waals surface area (Å²) in [5, 5.41) is 25.6. The van der Waals surface area contributed by atoms with E-state index >= 15 is 0 Å². The fourth-order valence-electron chi connectivity index (χ4n) is 2.36. The molecule has 0 saturated heterocycles. The second kappa shape index (κ2) is 9.16. The van der Waals surface area contributed by atoms with Crippen LogP contribution < -0.4 is 5.43 Å². The fraction of sp³-hybridized carbons (Fsp3) is 0.176. The van der Waals surface area contributed by atoms with Gasteiger partial charge in [0.2, 0.25) is 0 Å². The van der Waals surface area contributed by atoms with Gasteiger partial charge >= 0.3 is 11.7 Å². The average molecular weight is 390 g/mol. The van der Waals surface area contributed by atoms with Crippen molar-refractivity contribution >= 4 is 29.2 Å². The van der Waals surface area contributed by atoms with Crippen LogP contribution in [0.2, 0.25) is 0 Å². The Bertz CT molecular complexity index is 916. The monoisotopic (exact) mass is 390 g/mol. The summed E-state index contributed by atoms with van der Waals surface area (Å²) in [6.07, 6.45) is 1.38. The number of anilines is 1. The molecule has 0 radical (unpaired) electrons. The highest BCUT2D eigenvalue weighted by Gasteiger charge is 2.21. The van der Waals surface area contributed by atoms with E-state index in [1.54, 1.807) is 0 Å². The smallest absolute Gasteiger partial charge is 0.313 e. The van der Waals surface area contributed by atoms with Crippen molar-refractivity contribution in [2.45, 2.75) is 12.3 Å². The molecule has 0 bridgehead atoms. The summed E-state index contributed by atoms with van der Waals surface area (Å²) in [6, 6.07) is 8.38. The van der Waals surface area contributed by atoms with Crippen molar-refractivity contribution in [2.75, 3.05) is 12.5 Å². The van der Waals surface area contributed by atoms with E-state index in [0.29, 0.717) is 5.56 Å². The molecule has 1 unspecified atom stereocenters. The van der Waals surface area contributed by atoms with Crippen LogP contribution in [0.5, 0.6) is 0 Å². The zero-order valence-electron chi connectivity index (χ0n) is 14.6. The number of carbonyl (C=O) groups is 1. The highest BCUT2D eigenvalue weighted by Crippen LogP contribution is 2.29. The van der Waals surface area contributed by atoms with Crippen molar-refractivity contribution in [3.63, 3.8) is 0 Å². The Morgan fingerprint density at radius 2 is 1.89 bits per heavy atom. The number of hydrogen-bond acceptors (Lipinski definition) is 8. The molecular weight excluding hydrogens is 375 g/mol. The number of nitro groups is 2. The molecule has 146 valence electrons. The number of benzene rings is 2. The Balaban J connectivity index is 2.14. The minimum absolute atomic E-state index is 0.0525. The Morgan fingerprint density at radius 1 is 1.21 bits per heavy atom. The molecular formula is C17H15FN4O6. The third-order valence-electron chi connectivity index (χ3n) is 3.76. The molecule has 10 nitrogen and oxygen atoms in total. The van der Waals surface area contributed by atoms with Crippen molar-refractivity contribution in [3.05, 3.63) is 74.1 Å². The molecule has 0 aromatic heterocycles. The lowest BCUT2D eigenvalue weighted by molar-refractivity contribution is -0.393. The second-order valence-corrected chi connectivity index (χ2v) is 5.50. The van der Waals surface area contributed by atoms with E-state index in [9.17, 15) is 29.4 Å². The third kappa shape index (κ3) is 5.06. The van der Waals surface area contributed by atoms with Gasteiger partial charge in [0.25, 0.3) is 5.69 Å². The highest BCUT2D eigenvalue weighted by molar-refractivity contribution is 5.82. The number of nitro benzene ring substituents is 2. The van der Waals surface area contributed by atoms with E-state index < -0.39 is 38.9 Å². The zero-order chi connectivity index (χ0) is 20.7. The van der Waals surface area contributed by atoms with Crippen molar-refractivity contribution in [2.24, 2.45) is 5.10 Å². The van der Waals surface area contributed by atoms with Gasteiger partial charge in [-0.25, -0.2) is 4.39 Å². The molecule has 0 heterocycles. The molecule has 0 aliphatic rings. The summed E-state index contributed by atoms with van der Waals surface area (Å²) in [7, 11) is 1.22. The van der Waals surface area contributed by atoms with E-state index in [2.05, 4.69) is 10.5 Å². The molecule has 0 saturated carbocycles. The van der Waals surface area contributed by atoms with Gasteiger partial charge in [-0.2, -0.15) is 5.10 Å². The molecule has 0 aliphatic heterocycles. The van der Waals surface area contributed by atoms with Crippen LogP contribution in [0.15, 0.2) is 47.6 Å².